The van der Waals surface area contributed by atoms with Crippen molar-refractivity contribution < 1.29 is 34.8 Å². The zero-order valence-corrected chi connectivity index (χ0v) is 17.0. The molecule has 2 rings (SSSR count). The quantitative estimate of drug-likeness (QED) is 0.421. The second-order valence-corrected chi connectivity index (χ2v) is 7.70. The van der Waals surface area contributed by atoms with Gasteiger partial charge in [-0.2, -0.15) is 34.8 Å². The monoisotopic (exact) mass is 469 g/mol. The number of hydrogen-bond donors (Lipinski definition) is 1. The third kappa shape index (κ3) is 6.06. The van der Waals surface area contributed by atoms with Gasteiger partial charge in [-0.1, -0.05) is 0 Å². The van der Waals surface area contributed by atoms with Crippen LogP contribution in [0.1, 0.15) is 19.4 Å². The summed E-state index contributed by atoms with van der Waals surface area (Å²) < 4.78 is 101. The molecule has 0 aliphatic carbocycles. The summed E-state index contributed by atoms with van der Waals surface area (Å²) in [7, 11) is -5.74. The normalized spacial score (nSPS) is 12.9. The molecular formula is C17H17F6N5O2S. The van der Waals surface area contributed by atoms with Crippen LogP contribution < -0.4 is 9.62 Å². The fourth-order valence-electron chi connectivity index (χ4n) is 2.40. The second kappa shape index (κ2) is 9.08. The number of sulfonamides is 1. The molecule has 1 aromatic carbocycles. The lowest BCUT2D eigenvalue weighted by Crippen LogP contribution is -2.30. The Bertz CT molecular complexity index is 1030. The predicted octanol–water partition coefficient (Wildman–Crippen LogP) is 5.62. The molecule has 7 nitrogen and oxygen atoms in total. The summed E-state index contributed by atoms with van der Waals surface area (Å²) in [6.45, 7) is 4.59. The zero-order valence-electron chi connectivity index (χ0n) is 16.2. The van der Waals surface area contributed by atoms with Crippen molar-refractivity contribution in [3.63, 3.8) is 0 Å². The molecule has 0 radical (unpaired) electrons. The van der Waals surface area contributed by atoms with Crippen LogP contribution in [0.4, 0.5) is 49.2 Å². The fourth-order valence-corrected chi connectivity index (χ4v) is 2.97. The Labute approximate surface area is 173 Å². The van der Waals surface area contributed by atoms with Crippen molar-refractivity contribution in [3.8, 4) is 0 Å². The summed E-state index contributed by atoms with van der Waals surface area (Å²) in [6, 6.07) is 5.50. The Morgan fingerprint density at radius 2 is 1.65 bits per heavy atom. The lowest BCUT2D eigenvalue weighted by atomic mass is 10.2. The topological polar surface area (TPSA) is 87.0 Å². The number of azo groups is 1. The van der Waals surface area contributed by atoms with E-state index in [0.717, 1.165) is 12.1 Å². The minimum Gasteiger partial charge on any atom is -0.372 e. The molecule has 0 atom stereocenters. The standard InChI is InChI=1S/C17H17F6N5O2S/c1-3-28(4-2)12-6-7-13(14(9-12)27-31(29,30)17(21,22)23)25-26-15-8-5-11(10-24-15)16(18,19)20/h5-10,27H,3-4H2,1-2H3. The molecule has 1 aromatic heterocycles. The van der Waals surface area contributed by atoms with E-state index in [1.54, 1.807) is 18.7 Å². The zero-order chi connectivity index (χ0) is 23.4. The van der Waals surface area contributed by atoms with E-state index in [1.807, 2.05) is 0 Å². The first-order valence-electron chi connectivity index (χ1n) is 8.71. The van der Waals surface area contributed by atoms with Crippen LogP contribution in [-0.2, 0) is 16.2 Å². The van der Waals surface area contributed by atoms with Crippen LogP contribution in [0, 0.1) is 0 Å². The maximum atomic E-state index is 12.8. The molecule has 0 spiro atoms. The molecule has 170 valence electrons. The highest BCUT2D eigenvalue weighted by atomic mass is 32.2. The SMILES string of the molecule is CCN(CC)c1ccc(N=Nc2ccc(C(F)(F)F)cn2)c(NS(=O)(=O)C(F)(F)F)c1. The van der Waals surface area contributed by atoms with Crippen molar-refractivity contribution in [1.82, 2.24) is 4.98 Å². The van der Waals surface area contributed by atoms with E-state index in [2.05, 4.69) is 15.2 Å². The van der Waals surface area contributed by atoms with Crippen molar-refractivity contribution in [2.75, 3.05) is 22.7 Å². The molecule has 0 unspecified atom stereocenters. The summed E-state index contributed by atoms with van der Waals surface area (Å²) >= 11 is 0. The summed E-state index contributed by atoms with van der Waals surface area (Å²) in [6.07, 6.45) is -4.09. The number of benzene rings is 1. The summed E-state index contributed by atoms with van der Waals surface area (Å²) in [5.41, 5.74) is -6.95. The minimum atomic E-state index is -5.74. The van der Waals surface area contributed by atoms with Crippen LogP contribution in [0.3, 0.4) is 0 Å². The summed E-state index contributed by atoms with van der Waals surface area (Å²) in [5, 5.41) is 7.24. The highest BCUT2D eigenvalue weighted by Crippen LogP contribution is 2.35. The predicted molar refractivity (Wildman–Crippen MR) is 102 cm³/mol. The first kappa shape index (κ1) is 24.4. The van der Waals surface area contributed by atoms with Crippen molar-refractivity contribution >= 4 is 32.9 Å². The average Bonchev–Trinajstić information content (AvgIpc) is 2.67. The molecule has 14 heteroatoms. The fraction of sp³-hybridized carbons (Fsp3) is 0.353. The molecule has 31 heavy (non-hydrogen) atoms. The van der Waals surface area contributed by atoms with Crippen molar-refractivity contribution in [2.45, 2.75) is 25.5 Å². The van der Waals surface area contributed by atoms with Gasteiger partial charge in [0.25, 0.3) is 0 Å². The van der Waals surface area contributed by atoms with E-state index in [1.165, 1.54) is 16.9 Å². The number of anilines is 2. The van der Waals surface area contributed by atoms with E-state index < -0.39 is 33.0 Å². The number of aromatic nitrogens is 1. The molecule has 2 aromatic rings. The molecule has 0 bridgehead atoms. The molecule has 0 saturated heterocycles. The van der Waals surface area contributed by atoms with Gasteiger partial charge in [-0.05, 0) is 44.2 Å². The first-order valence-corrected chi connectivity index (χ1v) is 10.2. The summed E-state index contributed by atoms with van der Waals surface area (Å²) in [5.74, 6) is -0.259. The maximum absolute atomic E-state index is 12.8. The van der Waals surface area contributed by atoms with Crippen molar-refractivity contribution in [2.24, 2.45) is 10.2 Å². The van der Waals surface area contributed by atoms with Crippen LogP contribution >= 0.6 is 0 Å². The van der Waals surface area contributed by atoms with E-state index in [-0.39, 0.29) is 11.5 Å². The number of pyridine rings is 1. The average molecular weight is 469 g/mol. The van der Waals surface area contributed by atoms with Gasteiger partial charge in [-0.3, -0.25) is 4.72 Å². The van der Waals surface area contributed by atoms with Gasteiger partial charge in [0, 0.05) is 25.0 Å². The first-order chi connectivity index (χ1) is 14.3. The van der Waals surface area contributed by atoms with Crippen LogP contribution in [0.5, 0.6) is 0 Å². The van der Waals surface area contributed by atoms with Gasteiger partial charge in [-0.15, -0.1) is 10.2 Å². The van der Waals surface area contributed by atoms with Gasteiger partial charge in [0.2, 0.25) is 0 Å². The second-order valence-electron chi connectivity index (χ2n) is 6.03. The van der Waals surface area contributed by atoms with E-state index in [4.69, 9.17) is 0 Å². The number of nitrogens with zero attached hydrogens (tertiary/aromatic N) is 4. The van der Waals surface area contributed by atoms with E-state index in [9.17, 15) is 34.8 Å². The maximum Gasteiger partial charge on any atom is 0.516 e. The van der Waals surface area contributed by atoms with Gasteiger partial charge < -0.3 is 4.90 Å². The highest BCUT2D eigenvalue weighted by Gasteiger charge is 2.46. The highest BCUT2D eigenvalue weighted by molar-refractivity contribution is 7.93. The van der Waals surface area contributed by atoms with Gasteiger partial charge in [-0.25, -0.2) is 4.98 Å². The molecule has 0 amide bonds. The van der Waals surface area contributed by atoms with Crippen LogP contribution in [0.2, 0.25) is 0 Å². The third-order valence-electron chi connectivity index (χ3n) is 3.99. The smallest absolute Gasteiger partial charge is 0.372 e. The van der Waals surface area contributed by atoms with Crippen LogP contribution in [0.15, 0.2) is 46.8 Å². The van der Waals surface area contributed by atoms with Gasteiger partial charge >= 0.3 is 21.7 Å². The molecule has 0 fully saturated rings. The molecule has 1 N–H and O–H groups in total. The van der Waals surface area contributed by atoms with E-state index in [0.29, 0.717) is 31.0 Å². The molecule has 1 heterocycles. The number of nitrogens with one attached hydrogen (secondary N) is 1. The Morgan fingerprint density at radius 3 is 2.13 bits per heavy atom. The van der Waals surface area contributed by atoms with Crippen LogP contribution in [0.25, 0.3) is 0 Å². The Hall–Kier alpha value is -2.90. The number of alkyl halides is 6. The van der Waals surface area contributed by atoms with Gasteiger partial charge in [0.05, 0.1) is 11.3 Å². The van der Waals surface area contributed by atoms with Gasteiger partial charge in [0.15, 0.2) is 5.82 Å². The largest absolute Gasteiger partial charge is 0.516 e. The lowest BCUT2D eigenvalue weighted by Gasteiger charge is -2.22. The number of rotatable bonds is 7. The van der Waals surface area contributed by atoms with E-state index >= 15 is 0 Å². The lowest BCUT2D eigenvalue weighted by molar-refractivity contribution is -0.137. The summed E-state index contributed by atoms with van der Waals surface area (Å²) in [4.78, 5) is 5.22. The number of halogens is 6. The number of hydrogen-bond acceptors (Lipinski definition) is 6. The molecule has 0 aliphatic heterocycles. The van der Waals surface area contributed by atoms with Crippen LogP contribution in [-0.4, -0.2) is 32.0 Å². The molecule has 0 aliphatic rings. The Balaban J connectivity index is 2.44. The minimum absolute atomic E-state index is 0.259. The van der Waals surface area contributed by atoms with Crippen molar-refractivity contribution in [1.29, 1.82) is 0 Å². The molecular weight excluding hydrogens is 452 g/mol. The van der Waals surface area contributed by atoms with Crippen molar-refractivity contribution in [3.05, 3.63) is 42.1 Å². The Morgan fingerprint density at radius 1 is 1.00 bits per heavy atom. The third-order valence-corrected chi connectivity index (χ3v) is 5.09. The molecule has 0 saturated carbocycles. The van der Waals surface area contributed by atoms with Gasteiger partial charge in [0.1, 0.15) is 5.69 Å². The Kier molecular flexibility index (Phi) is 7.14.